The molecule has 3 rings (SSSR count). The van der Waals surface area contributed by atoms with Crippen molar-refractivity contribution in [2.45, 2.75) is 66.7 Å². The first-order valence-electron chi connectivity index (χ1n) is 12.3. The van der Waals surface area contributed by atoms with E-state index in [9.17, 15) is 4.79 Å². The lowest BCUT2D eigenvalue weighted by molar-refractivity contribution is 0.0526. The van der Waals surface area contributed by atoms with Gasteiger partial charge in [0, 0.05) is 37.4 Å². The number of ether oxygens (including phenoxy) is 1. The van der Waals surface area contributed by atoms with Gasteiger partial charge < -0.3 is 9.64 Å². The average molecular weight is 427 g/mol. The van der Waals surface area contributed by atoms with Gasteiger partial charge in [-0.25, -0.2) is 4.79 Å². The highest BCUT2D eigenvalue weighted by Crippen LogP contribution is 2.42. The number of nitrogens with zero attached hydrogens (tertiary/aromatic N) is 2. The first kappa shape index (κ1) is 23.8. The van der Waals surface area contributed by atoms with Gasteiger partial charge in [0.25, 0.3) is 0 Å². The van der Waals surface area contributed by atoms with Gasteiger partial charge in [0.1, 0.15) is 0 Å². The number of carbonyl (C=O) groups excluding carboxylic acids is 1. The summed E-state index contributed by atoms with van der Waals surface area (Å²) >= 11 is 0. The largest absolute Gasteiger partial charge is 0.462 e. The van der Waals surface area contributed by atoms with Crippen LogP contribution in [-0.4, -0.2) is 50.2 Å². The molecule has 4 nitrogen and oxygen atoms in total. The summed E-state index contributed by atoms with van der Waals surface area (Å²) in [4.78, 5) is 17.5. The van der Waals surface area contributed by atoms with E-state index >= 15 is 0 Å². The molecule has 1 heterocycles. The lowest BCUT2D eigenvalue weighted by Gasteiger charge is -2.38. The maximum Gasteiger partial charge on any atom is 0.338 e. The molecule has 2 aliphatic rings. The molecule has 0 bridgehead atoms. The second kappa shape index (κ2) is 10.7. The third kappa shape index (κ3) is 6.12. The normalized spacial score (nSPS) is 20.5. The standard InChI is InChI=1S/C27H42N2O2/c1-6-8-15-28-16-18-29(19-17-28)25-14-11-22(26(30)31-7-2)20-24(25)21-9-12-23(13-10-21)27(3,4)5/h9,11,14,20,23H,6-8,10,12-13,15-19H2,1-5H3. The van der Waals surface area contributed by atoms with Gasteiger partial charge in [-0.05, 0) is 74.3 Å². The van der Waals surface area contributed by atoms with Crippen molar-refractivity contribution >= 4 is 17.2 Å². The van der Waals surface area contributed by atoms with Crippen LogP contribution in [0.4, 0.5) is 5.69 Å². The Labute approximate surface area is 189 Å². The van der Waals surface area contributed by atoms with E-state index in [1.54, 1.807) is 0 Å². The molecule has 31 heavy (non-hydrogen) atoms. The van der Waals surface area contributed by atoms with Crippen LogP contribution in [0.3, 0.4) is 0 Å². The number of piperazine rings is 1. The van der Waals surface area contributed by atoms with E-state index in [2.05, 4.69) is 55.7 Å². The molecule has 1 aliphatic heterocycles. The molecule has 1 aliphatic carbocycles. The highest BCUT2D eigenvalue weighted by molar-refractivity contribution is 5.92. The van der Waals surface area contributed by atoms with Crippen molar-refractivity contribution in [2.24, 2.45) is 11.3 Å². The number of benzene rings is 1. The number of allylic oxidation sites excluding steroid dienone is 2. The van der Waals surface area contributed by atoms with Gasteiger partial charge in [-0.1, -0.05) is 40.2 Å². The molecule has 0 radical (unpaired) electrons. The fourth-order valence-electron chi connectivity index (χ4n) is 4.87. The molecule has 1 unspecified atom stereocenters. The summed E-state index contributed by atoms with van der Waals surface area (Å²) in [6.07, 6.45) is 8.38. The fourth-order valence-corrected chi connectivity index (χ4v) is 4.87. The zero-order chi connectivity index (χ0) is 22.4. The number of esters is 1. The van der Waals surface area contributed by atoms with Crippen LogP contribution in [0.15, 0.2) is 24.3 Å². The van der Waals surface area contributed by atoms with Gasteiger partial charge in [-0.2, -0.15) is 0 Å². The van der Waals surface area contributed by atoms with Gasteiger partial charge in [0.2, 0.25) is 0 Å². The summed E-state index contributed by atoms with van der Waals surface area (Å²) in [7, 11) is 0. The van der Waals surface area contributed by atoms with Crippen molar-refractivity contribution in [1.82, 2.24) is 4.90 Å². The van der Waals surface area contributed by atoms with E-state index in [-0.39, 0.29) is 5.97 Å². The third-order valence-corrected chi connectivity index (χ3v) is 7.03. The Balaban J connectivity index is 1.84. The van der Waals surface area contributed by atoms with E-state index < -0.39 is 0 Å². The van der Waals surface area contributed by atoms with Gasteiger partial charge in [-0.3, -0.25) is 4.90 Å². The van der Waals surface area contributed by atoms with Crippen molar-refractivity contribution in [3.8, 4) is 0 Å². The van der Waals surface area contributed by atoms with Crippen LogP contribution in [0, 0.1) is 11.3 Å². The number of anilines is 1. The zero-order valence-electron chi connectivity index (χ0n) is 20.4. The molecule has 1 atom stereocenters. The van der Waals surface area contributed by atoms with E-state index in [1.807, 2.05) is 13.0 Å². The fraction of sp³-hybridized carbons (Fsp3) is 0.667. The number of rotatable bonds is 7. The average Bonchev–Trinajstić information content (AvgIpc) is 2.77. The molecular formula is C27H42N2O2. The molecule has 172 valence electrons. The zero-order valence-corrected chi connectivity index (χ0v) is 20.4. The summed E-state index contributed by atoms with van der Waals surface area (Å²) < 4.78 is 5.29. The van der Waals surface area contributed by atoms with Crippen LogP contribution in [0.1, 0.15) is 82.6 Å². The first-order chi connectivity index (χ1) is 14.8. The SMILES string of the molecule is CCCCN1CCN(c2ccc(C(=O)OCC)cc2C2=CCC(C(C)(C)C)CC2)CC1. The van der Waals surface area contributed by atoms with Crippen LogP contribution in [-0.2, 0) is 4.74 Å². The second-order valence-electron chi connectivity index (χ2n) is 10.2. The Bertz CT molecular complexity index is 770. The van der Waals surface area contributed by atoms with Crippen molar-refractivity contribution in [3.63, 3.8) is 0 Å². The Morgan fingerprint density at radius 1 is 1.13 bits per heavy atom. The predicted molar refractivity (Wildman–Crippen MR) is 131 cm³/mol. The molecule has 0 amide bonds. The van der Waals surface area contributed by atoms with E-state index in [4.69, 9.17) is 4.74 Å². The summed E-state index contributed by atoms with van der Waals surface area (Å²) in [5.41, 5.74) is 4.92. The van der Waals surface area contributed by atoms with E-state index in [0.29, 0.717) is 17.6 Å². The lowest BCUT2D eigenvalue weighted by atomic mass is 9.72. The van der Waals surface area contributed by atoms with Crippen LogP contribution in [0.25, 0.3) is 5.57 Å². The number of unbranched alkanes of at least 4 members (excludes halogenated alkanes) is 1. The molecule has 0 aromatic heterocycles. The molecule has 1 saturated heterocycles. The third-order valence-electron chi connectivity index (χ3n) is 7.03. The molecule has 0 N–H and O–H groups in total. The first-order valence-corrected chi connectivity index (χ1v) is 12.3. The molecule has 0 spiro atoms. The highest BCUT2D eigenvalue weighted by atomic mass is 16.5. The van der Waals surface area contributed by atoms with Crippen molar-refractivity contribution in [3.05, 3.63) is 35.4 Å². The number of hydrogen-bond acceptors (Lipinski definition) is 4. The van der Waals surface area contributed by atoms with E-state index in [1.165, 1.54) is 42.6 Å². The molecule has 1 aromatic carbocycles. The molecular weight excluding hydrogens is 384 g/mol. The lowest BCUT2D eigenvalue weighted by Crippen LogP contribution is -2.46. The van der Waals surface area contributed by atoms with Crippen LogP contribution in [0.2, 0.25) is 0 Å². The summed E-state index contributed by atoms with van der Waals surface area (Å²) in [6.45, 7) is 17.1. The topological polar surface area (TPSA) is 32.8 Å². The number of carbonyl (C=O) groups is 1. The predicted octanol–water partition coefficient (Wildman–Crippen LogP) is 6.02. The van der Waals surface area contributed by atoms with Crippen molar-refractivity contribution in [2.75, 3.05) is 44.2 Å². The Morgan fingerprint density at radius 3 is 2.45 bits per heavy atom. The maximum absolute atomic E-state index is 12.4. The highest BCUT2D eigenvalue weighted by Gasteiger charge is 2.28. The summed E-state index contributed by atoms with van der Waals surface area (Å²) in [6, 6.07) is 6.18. The van der Waals surface area contributed by atoms with Gasteiger partial charge in [0.05, 0.1) is 12.2 Å². The molecule has 1 aromatic rings. The number of hydrogen-bond donors (Lipinski definition) is 0. The van der Waals surface area contributed by atoms with Crippen LogP contribution in [0.5, 0.6) is 0 Å². The minimum atomic E-state index is -0.219. The molecule has 0 saturated carbocycles. The molecule has 4 heteroatoms. The monoisotopic (exact) mass is 426 g/mol. The summed E-state index contributed by atoms with van der Waals surface area (Å²) in [5, 5.41) is 0. The molecule has 1 fully saturated rings. The van der Waals surface area contributed by atoms with Gasteiger partial charge in [0.15, 0.2) is 0 Å². The van der Waals surface area contributed by atoms with Crippen molar-refractivity contribution < 1.29 is 9.53 Å². The second-order valence-corrected chi connectivity index (χ2v) is 10.2. The smallest absolute Gasteiger partial charge is 0.338 e. The maximum atomic E-state index is 12.4. The minimum Gasteiger partial charge on any atom is -0.462 e. The Morgan fingerprint density at radius 2 is 1.87 bits per heavy atom. The quantitative estimate of drug-likeness (QED) is 0.500. The van der Waals surface area contributed by atoms with Crippen LogP contribution >= 0.6 is 0 Å². The van der Waals surface area contributed by atoms with Crippen LogP contribution < -0.4 is 4.90 Å². The Kier molecular flexibility index (Phi) is 8.21. The van der Waals surface area contributed by atoms with Crippen molar-refractivity contribution in [1.29, 1.82) is 0 Å². The van der Waals surface area contributed by atoms with Gasteiger partial charge in [-0.15, -0.1) is 0 Å². The van der Waals surface area contributed by atoms with Gasteiger partial charge >= 0.3 is 5.97 Å². The Hall–Kier alpha value is -1.81. The summed E-state index contributed by atoms with van der Waals surface area (Å²) in [5.74, 6) is 0.499. The minimum absolute atomic E-state index is 0.219. The van der Waals surface area contributed by atoms with E-state index in [0.717, 1.165) is 44.9 Å².